The molecule has 3 heterocycles. The van der Waals surface area contributed by atoms with Gasteiger partial charge in [-0.2, -0.15) is 0 Å². The van der Waals surface area contributed by atoms with Gasteiger partial charge in [-0.3, -0.25) is 4.98 Å². The third kappa shape index (κ3) is 3.65. The topological polar surface area (TPSA) is 78.3 Å². The monoisotopic (exact) mass is 565 g/mol. The van der Waals surface area contributed by atoms with E-state index in [-0.39, 0.29) is 11.8 Å². The molecule has 2 aromatic carbocycles. The predicted molar refractivity (Wildman–Crippen MR) is 144 cm³/mol. The first-order chi connectivity index (χ1) is 17.9. The van der Waals surface area contributed by atoms with Crippen molar-refractivity contribution in [3.05, 3.63) is 88.2 Å². The number of benzene rings is 2. The van der Waals surface area contributed by atoms with Crippen LogP contribution in [0, 0.1) is 5.92 Å². The second-order valence-corrected chi connectivity index (χ2v) is 11.3. The highest BCUT2D eigenvalue weighted by Gasteiger charge is 2.76. The minimum Gasteiger partial charge on any atom is -0.495 e. The Kier molecular flexibility index (Phi) is 6.28. The van der Waals surface area contributed by atoms with E-state index in [0.29, 0.717) is 23.6 Å². The van der Waals surface area contributed by atoms with E-state index >= 15 is 0 Å². The van der Waals surface area contributed by atoms with Crippen LogP contribution in [-0.2, 0) is 11.2 Å². The zero-order chi connectivity index (χ0) is 25.8. The summed E-state index contributed by atoms with van der Waals surface area (Å²) in [5, 5.41) is 25.1. The lowest BCUT2D eigenvalue weighted by Gasteiger charge is -2.41. The van der Waals surface area contributed by atoms with Gasteiger partial charge in [-0.15, -0.1) is 0 Å². The molecule has 2 aliphatic heterocycles. The molecule has 1 saturated heterocycles. The van der Waals surface area contributed by atoms with Crippen LogP contribution in [0.3, 0.4) is 0 Å². The van der Waals surface area contributed by atoms with Gasteiger partial charge in [-0.05, 0) is 30.3 Å². The lowest BCUT2D eigenvalue weighted by atomic mass is 9.70. The SMILES string of the molecule is COc1cncc2c1[C@]1(O)[C@H](O)[C@H](CN3CCN(C)CC3)C(c3ccccc3)[C@]1(c1ccc(Br)cc1)O2. The first kappa shape index (κ1) is 24.8. The van der Waals surface area contributed by atoms with E-state index in [9.17, 15) is 10.2 Å². The Morgan fingerprint density at radius 1 is 1.05 bits per heavy atom. The number of aliphatic hydroxyl groups is 2. The molecule has 0 amide bonds. The van der Waals surface area contributed by atoms with Crippen molar-refractivity contribution in [3.8, 4) is 11.5 Å². The maximum atomic E-state index is 12.9. The molecule has 1 unspecified atom stereocenters. The molecule has 0 radical (unpaired) electrons. The summed E-state index contributed by atoms with van der Waals surface area (Å²) in [6.45, 7) is 4.41. The molecular formula is C29H32BrN3O4. The largest absolute Gasteiger partial charge is 0.495 e. The molecule has 1 saturated carbocycles. The third-order valence-corrected chi connectivity index (χ3v) is 9.04. The molecule has 0 spiro atoms. The Morgan fingerprint density at radius 3 is 2.43 bits per heavy atom. The maximum absolute atomic E-state index is 12.9. The molecule has 3 aromatic rings. The molecule has 5 atom stereocenters. The van der Waals surface area contributed by atoms with Crippen LogP contribution in [0.5, 0.6) is 11.5 Å². The summed E-state index contributed by atoms with van der Waals surface area (Å²) in [6, 6.07) is 18.0. The summed E-state index contributed by atoms with van der Waals surface area (Å²) >= 11 is 3.55. The lowest BCUT2D eigenvalue weighted by molar-refractivity contribution is -0.152. The molecule has 3 aliphatic rings. The number of methoxy groups -OCH3 is 1. The van der Waals surface area contributed by atoms with E-state index in [1.54, 1.807) is 19.5 Å². The maximum Gasteiger partial charge on any atom is 0.177 e. The number of fused-ring (bicyclic) bond motifs is 3. The van der Waals surface area contributed by atoms with Gasteiger partial charge < -0.3 is 29.5 Å². The molecule has 2 fully saturated rings. The number of hydrogen-bond acceptors (Lipinski definition) is 7. The standard InChI is InChI=1S/C29H32BrN3O4/c1-32-12-14-33(15-13-32)18-22-25(19-6-4-3-5-7-19)29(20-8-10-21(30)11-9-20)28(35,27(22)34)26-23(36-2)16-31-17-24(26)37-29/h3-11,16-17,22,25,27,34-35H,12-15,18H2,1-2H3/t22-,25?,27-,28+,29+/m1/s1. The second kappa shape index (κ2) is 9.36. The van der Waals surface area contributed by atoms with E-state index in [1.807, 2.05) is 42.5 Å². The van der Waals surface area contributed by atoms with Gasteiger partial charge in [0.1, 0.15) is 11.5 Å². The van der Waals surface area contributed by atoms with E-state index in [4.69, 9.17) is 9.47 Å². The smallest absolute Gasteiger partial charge is 0.177 e. The Morgan fingerprint density at radius 2 is 1.76 bits per heavy atom. The van der Waals surface area contributed by atoms with Crippen LogP contribution in [0.1, 0.15) is 22.6 Å². The zero-order valence-corrected chi connectivity index (χ0v) is 22.6. The average molecular weight is 566 g/mol. The van der Waals surface area contributed by atoms with Crippen molar-refractivity contribution in [3.63, 3.8) is 0 Å². The van der Waals surface area contributed by atoms with Crippen molar-refractivity contribution in [2.75, 3.05) is 46.9 Å². The number of likely N-dealkylation sites (N-methyl/N-ethyl adjacent to an activating group) is 1. The highest BCUT2D eigenvalue weighted by molar-refractivity contribution is 9.10. The van der Waals surface area contributed by atoms with Crippen LogP contribution in [0.15, 0.2) is 71.5 Å². The minimum absolute atomic E-state index is 0.300. The number of pyridine rings is 1. The van der Waals surface area contributed by atoms with Gasteiger partial charge in [0.2, 0.25) is 0 Å². The van der Waals surface area contributed by atoms with E-state index in [1.165, 1.54) is 0 Å². The normalized spacial score (nSPS) is 31.5. The van der Waals surface area contributed by atoms with Crippen molar-refractivity contribution in [1.82, 2.24) is 14.8 Å². The Hall–Kier alpha value is -2.49. The van der Waals surface area contributed by atoms with Gasteiger partial charge in [-0.1, -0.05) is 58.4 Å². The lowest BCUT2D eigenvalue weighted by Crippen LogP contribution is -2.52. The van der Waals surface area contributed by atoms with Gasteiger partial charge in [0.05, 0.1) is 31.2 Å². The van der Waals surface area contributed by atoms with Gasteiger partial charge in [0.25, 0.3) is 0 Å². The number of rotatable bonds is 5. The van der Waals surface area contributed by atoms with Crippen LogP contribution in [-0.4, -0.2) is 78.0 Å². The second-order valence-electron chi connectivity index (χ2n) is 10.4. The molecule has 1 aliphatic carbocycles. The fraction of sp³-hybridized carbons (Fsp3) is 0.414. The van der Waals surface area contributed by atoms with Crippen molar-refractivity contribution in [2.45, 2.75) is 23.2 Å². The molecule has 1 aromatic heterocycles. The minimum atomic E-state index is -1.76. The average Bonchev–Trinajstić information content (AvgIpc) is 3.29. The number of hydrogen-bond donors (Lipinski definition) is 2. The van der Waals surface area contributed by atoms with E-state index in [2.05, 4.69) is 49.9 Å². The third-order valence-electron chi connectivity index (χ3n) is 8.51. The molecule has 6 rings (SSSR count). The van der Waals surface area contributed by atoms with Crippen LogP contribution in [0.4, 0.5) is 0 Å². The summed E-state index contributed by atoms with van der Waals surface area (Å²) in [5.74, 6) is 0.199. The van der Waals surface area contributed by atoms with Gasteiger partial charge in [0.15, 0.2) is 11.2 Å². The van der Waals surface area contributed by atoms with Crippen molar-refractivity contribution in [2.24, 2.45) is 5.92 Å². The Bertz CT molecular complexity index is 1270. The van der Waals surface area contributed by atoms with Crippen LogP contribution >= 0.6 is 15.9 Å². The summed E-state index contributed by atoms with van der Waals surface area (Å²) in [5.41, 5.74) is -0.779. The van der Waals surface area contributed by atoms with Crippen molar-refractivity contribution < 1.29 is 19.7 Å². The molecule has 194 valence electrons. The van der Waals surface area contributed by atoms with Gasteiger partial charge in [0, 0.05) is 49.0 Å². The molecule has 2 N–H and O–H groups in total. The zero-order valence-electron chi connectivity index (χ0n) is 21.0. The van der Waals surface area contributed by atoms with Crippen LogP contribution in [0.25, 0.3) is 0 Å². The summed E-state index contributed by atoms with van der Waals surface area (Å²) in [7, 11) is 3.69. The Balaban J connectivity index is 1.58. The fourth-order valence-corrected chi connectivity index (χ4v) is 7.03. The highest BCUT2D eigenvalue weighted by atomic mass is 79.9. The number of aliphatic hydroxyl groups excluding tert-OH is 1. The predicted octanol–water partition coefficient (Wildman–Crippen LogP) is 3.35. The number of piperazine rings is 1. The molecule has 37 heavy (non-hydrogen) atoms. The van der Waals surface area contributed by atoms with Crippen LogP contribution < -0.4 is 9.47 Å². The molecule has 7 nitrogen and oxygen atoms in total. The number of ether oxygens (including phenoxy) is 2. The quantitative estimate of drug-likeness (QED) is 0.491. The van der Waals surface area contributed by atoms with E-state index < -0.39 is 17.3 Å². The first-order valence-corrected chi connectivity index (χ1v) is 13.5. The van der Waals surface area contributed by atoms with E-state index in [0.717, 1.165) is 41.8 Å². The summed E-state index contributed by atoms with van der Waals surface area (Å²) in [6.07, 6.45) is 2.08. The highest BCUT2D eigenvalue weighted by Crippen LogP contribution is 2.69. The molecular weight excluding hydrogens is 534 g/mol. The number of nitrogens with zero attached hydrogens (tertiary/aromatic N) is 3. The van der Waals surface area contributed by atoms with Gasteiger partial charge in [-0.25, -0.2) is 0 Å². The molecule has 0 bridgehead atoms. The fourth-order valence-electron chi connectivity index (χ4n) is 6.76. The summed E-state index contributed by atoms with van der Waals surface area (Å²) < 4.78 is 13.5. The van der Waals surface area contributed by atoms with Crippen LogP contribution in [0.2, 0.25) is 0 Å². The van der Waals surface area contributed by atoms with Crippen molar-refractivity contribution >= 4 is 15.9 Å². The number of aromatic nitrogens is 1. The first-order valence-electron chi connectivity index (χ1n) is 12.7. The number of halogens is 1. The Labute approximate surface area is 225 Å². The van der Waals surface area contributed by atoms with Crippen molar-refractivity contribution in [1.29, 1.82) is 0 Å². The summed E-state index contributed by atoms with van der Waals surface area (Å²) in [4.78, 5) is 9.02. The van der Waals surface area contributed by atoms with Gasteiger partial charge >= 0.3 is 0 Å². The molecule has 8 heteroatoms.